The van der Waals surface area contributed by atoms with Crippen LogP contribution in [0.5, 0.6) is 0 Å². The smallest absolute Gasteiger partial charge is 0.186 e. The maximum atomic E-state index is 5.78. The normalized spacial score (nSPS) is 10.5. The monoisotopic (exact) mass is 269 g/mol. The molecule has 2 N–H and O–H groups in total. The molecule has 0 saturated heterocycles. The first-order chi connectivity index (χ1) is 8.22. The summed E-state index contributed by atoms with van der Waals surface area (Å²) in [4.78, 5) is 0. The van der Waals surface area contributed by atoms with Gasteiger partial charge in [0.25, 0.3) is 0 Å². The molecule has 92 valence electrons. The number of thiocarbonyl (C=S) groups is 1. The van der Waals surface area contributed by atoms with E-state index in [1.165, 1.54) is 0 Å². The summed E-state index contributed by atoms with van der Waals surface area (Å²) in [6, 6.07) is 7.42. The van der Waals surface area contributed by atoms with E-state index in [2.05, 4.69) is 22.8 Å². The van der Waals surface area contributed by atoms with Gasteiger partial charge in [0.05, 0.1) is 6.21 Å². The van der Waals surface area contributed by atoms with Crippen LogP contribution in [0.2, 0.25) is 5.02 Å². The zero-order valence-electron chi connectivity index (χ0n) is 9.74. The third-order valence-corrected chi connectivity index (χ3v) is 2.55. The Morgan fingerprint density at radius 1 is 1.41 bits per heavy atom. The first kappa shape index (κ1) is 13.9. The summed E-state index contributed by atoms with van der Waals surface area (Å²) in [5.41, 5.74) is 3.73. The van der Waals surface area contributed by atoms with Gasteiger partial charge in [0.2, 0.25) is 0 Å². The number of nitrogens with zero attached hydrogens (tertiary/aromatic N) is 1. The van der Waals surface area contributed by atoms with Crippen molar-refractivity contribution in [3.05, 3.63) is 34.9 Å². The Hall–Kier alpha value is -1.13. The third-order valence-electron chi connectivity index (χ3n) is 2.07. The Morgan fingerprint density at radius 3 is 2.76 bits per heavy atom. The molecule has 0 bridgehead atoms. The van der Waals surface area contributed by atoms with Crippen molar-refractivity contribution < 1.29 is 0 Å². The van der Waals surface area contributed by atoms with Crippen LogP contribution in [0, 0.1) is 0 Å². The average Bonchev–Trinajstić information content (AvgIpc) is 2.32. The van der Waals surface area contributed by atoms with Gasteiger partial charge in [-0.3, -0.25) is 5.43 Å². The quantitative estimate of drug-likeness (QED) is 0.373. The highest BCUT2D eigenvalue weighted by molar-refractivity contribution is 7.80. The summed E-state index contributed by atoms with van der Waals surface area (Å²) < 4.78 is 0. The molecule has 0 saturated carbocycles. The van der Waals surface area contributed by atoms with Crippen LogP contribution in [-0.4, -0.2) is 17.9 Å². The number of rotatable bonds is 5. The molecule has 0 aliphatic carbocycles. The van der Waals surface area contributed by atoms with E-state index in [1.54, 1.807) is 6.21 Å². The van der Waals surface area contributed by atoms with Gasteiger partial charge in [-0.15, -0.1) is 0 Å². The Bertz CT molecular complexity index is 376. The van der Waals surface area contributed by atoms with E-state index >= 15 is 0 Å². The highest BCUT2D eigenvalue weighted by atomic mass is 35.5. The molecule has 0 aromatic heterocycles. The van der Waals surface area contributed by atoms with Crippen LogP contribution in [0.3, 0.4) is 0 Å². The SMILES string of the molecule is CCCCNC(=S)NN=Cc1ccc(Cl)cc1. The number of nitrogens with one attached hydrogen (secondary N) is 2. The topological polar surface area (TPSA) is 36.4 Å². The molecule has 1 aromatic rings. The number of hydrogen-bond acceptors (Lipinski definition) is 2. The molecule has 0 aliphatic heterocycles. The zero-order chi connectivity index (χ0) is 12.5. The molecule has 1 aromatic carbocycles. The number of hydrazone groups is 1. The summed E-state index contributed by atoms with van der Waals surface area (Å²) in [6.45, 7) is 3.01. The highest BCUT2D eigenvalue weighted by Crippen LogP contribution is 2.07. The van der Waals surface area contributed by atoms with E-state index in [0.29, 0.717) is 10.1 Å². The van der Waals surface area contributed by atoms with Gasteiger partial charge in [0.1, 0.15) is 0 Å². The molecule has 0 unspecified atom stereocenters. The van der Waals surface area contributed by atoms with Crippen molar-refractivity contribution >= 4 is 35.1 Å². The number of halogens is 1. The maximum absolute atomic E-state index is 5.78. The van der Waals surface area contributed by atoms with Gasteiger partial charge in [-0.05, 0) is 36.3 Å². The van der Waals surface area contributed by atoms with E-state index in [9.17, 15) is 0 Å². The lowest BCUT2D eigenvalue weighted by Crippen LogP contribution is -2.32. The second kappa shape index (κ2) is 8.03. The summed E-state index contributed by atoms with van der Waals surface area (Å²) >= 11 is 10.8. The van der Waals surface area contributed by atoms with Crippen LogP contribution in [-0.2, 0) is 0 Å². The minimum Gasteiger partial charge on any atom is -0.361 e. The fourth-order valence-corrected chi connectivity index (χ4v) is 1.41. The van der Waals surface area contributed by atoms with Gasteiger partial charge in [-0.2, -0.15) is 5.10 Å². The van der Waals surface area contributed by atoms with Crippen molar-refractivity contribution in [1.82, 2.24) is 10.7 Å². The lowest BCUT2D eigenvalue weighted by Gasteiger charge is -2.05. The van der Waals surface area contributed by atoms with Gasteiger partial charge < -0.3 is 5.32 Å². The largest absolute Gasteiger partial charge is 0.361 e. The van der Waals surface area contributed by atoms with Crippen LogP contribution in [0.25, 0.3) is 0 Å². The summed E-state index contributed by atoms with van der Waals surface area (Å²) in [7, 11) is 0. The standard InChI is InChI=1S/C12H16ClN3S/c1-2-3-8-14-12(17)16-15-9-10-4-6-11(13)7-5-10/h4-7,9H,2-3,8H2,1H3,(H2,14,16,17). The number of unbranched alkanes of at least 4 members (excludes halogenated alkanes) is 1. The van der Waals surface area contributed by atoms with E-state index in [4.69, 9.17) is 23.8 Å². The summed E-state index contributed by atoms with van der Waals surface area (Å²) in [5.74, 6) is 0. The number of hydrogen-bond donors (Lipinski definition) is 2. The molecule has 3 nitrogen and oxygen atoms in total. The zero-order valence-corrected chi connectivity index (χ0v) is 11.3. The van der Waals surface area contributed by atoms with E-state index in [0.717, 1.165) is 24.9 Å². The number of benzene rings is 1. The van der Waals surface area contributed by atoms with Crippen LogP contribution >= 0.6 is 23.8 Å². The van der Waals surface area contributed by atoms with Gasteiger partial charge >= 0.3 is 0 Å². The molecule has 0 aliphatic rings. The molecule has 0 spiro atoms. The third kappa shape index (κ3) is 6.24. The van der Waals surface area contributed by atoms with E-state index in [1.807, 2.05) is 24.3 Å². The van der Waals surface area contributed by atoms with Crippen LogP contribution in [0.15, 0.2) is 29.4 Å². The molecule has 17 heavy (non-hydrogen) atoms. The second-order valence-corrected chi connectivity index (χ2v) is 4.38. The van der Waals surface area contributed by atoms with Crippen LogP contribution in [0.4, 0.5) is 0 Å². The summed E-state index contributed by atoms with van der Waals surface area (Å²) in [6.07, 6.45) is 3.94. The van der Waals surface area contributed by atoms with Gasteiger partial charge in [0.15, 0.2) is 5.11 Å². The fraction of sp³-hybridized carbons (Fsp3) is 0.333. The molecule has 0 fully saturated rings. The lowest BCUT2D eigenvalue weighted by atomic mass is 10.2. The molecule has 0 atom stereocenters. The molecule has 5 heteroatoms. The Kier molecular flexibility index (Phi) is 6.58. The minimum atomic E-state index is 0.545. The lowest BCUT2D eigenvalue weighted by molar-refractivity contribution is 0.745. The Morgan fingerprint density at radius 2 is 2.12 bits per heavy atom. The summed E-state index contributed by atoms with van der Waals surface area (Å²) in [5, 5.41) is 8.35. The van der Waals surface area contributed by atoms with Crippen LogP contribution < -0.4 is 10.7 Å². The van der Waals surface area contributed by atoms with E-state index in [-0.39, 0.29) is 0 Å². The van der Waals surface area contributed by atoms with Crippen molar-refractivity contribution in [3.63, 3.8) is 0 Å². The molecular weight excluding hydrogens is 254 g/mol. The molecule has 0 heterocycles. The highest BCUT2D eigenvalue weighted by Gasteiger charge is 1.91. The average molecular weight is 270 g/mol. The van der Waals surface area contributed by atoms with Crippen molar-refractivity contribution in [2.75, 3.05) is 6.54 Å². The van der Waals surface area contributed by atoms with Gasteiger partial charge in [0, 0.05) is 11.6 Å². The van der Waals surface area contributed by atoms with Crippen molar-refractivity contribution in [2.24, 2.45) is 5.10 Å². The fourth-order valence-electron chi connectivity index (χ4n) is 1.13. The van der Waals surface area contributed by atoms with Gasteiger partial charge in [-0.1, -0.05) is 37.1 Å². The van der Waals surface area contributed by atoms with Crippen LogP contribution in [0.1, 0.15) is 25.3 Å². The van der Waals surface area contributed by atoms with Crippen molar-refractivity contribution in [2.45, 2.75) is 19.8 Å². The van der Waals surface area contributed by atoms with E-state index < -0.39 is 0 Å². The first-order valence-electron chi connectivity index (χ1n) is 5.55. The maximum Gasteiger partial charge on any atom is 0.186 e. The minimum absolute atomic E-state index is 0.545. The molecule has 0 radical (unpaired) electrons. The second-order valence-electron chi connectivity index (χ2n) is 3.53. The van der Waals surface area contributed by atoms with Gasteiger partial charge in [-0.25, -0.2) is 0 Å². The first-order valence-corrected chi connectivity index (χ1v) is 6.33. The molecule has 0 amide bonds. The molecule has 1 rings (SSSR count). The molecular formula is C12H16ClN3S. The Balaban J connectivity index is 2.29. The predicted molar refractivity (Wildman–Crippen MR) is 77.7 cm³/mol. The van der Waals surface area contributed by atoms with Crippen molar-refractivity contribution in [1.29, 1.82) is 0 Å². The van der Waals surface area contributed by atoms with Crippen molar-refractivity contribution in [3.8, 4) is 0 Å². The Labute approximate surface area is 112 Å². The predicted octanol–water partition coefficient (Wildman–Crippen LogP) is 2.94.